The molecule has 3 N–H and O–H groups in total. The fourth-order valence-corrected chi connectivity index (χ4v) is 4.30. The lowest BCUT2D eigenvalue weighted by atomic mass is 10.1. The van der Waals surface area contributed by atoms with E-state index in [1.807, 2.05) is 55.9 Å². The molecule has 32 heavy (non-hydrogen) atoms. The second-order valence-electron chi connectivity index (χ2n) is 8.02. The molecule has 3 atom stereocenters. The van der Waals surface area contributed by atoms with Gasteiger partial charge in [-0.25, -0.2) is 0 Å². The third kappa shape index (κ3) is 5.37. The standard InChI is InChI=1S/C22H29N5O3.C2H6/c1-26-17(10-11-25-26)16-8-6-15(7-9-16)14-24-21(28)18-4-2-12-27(18)22(29)20(23)19-5-3-13-30-19;1-2/h6-11,18-20H,2-5,12-14,23H2,1H3,(H,24,28);1-2H3. The van der Waals surface area contributed by atoms with E-state index >= 15 is 0 Å². The van der Waals surface area contributed by atoms with Crippen LogP contribution < -0.4 is 11.1 Å². The quantitative estimate of drug-likeness (QED) is 0.716. The van der Waals surface area contributed by atoms with Gasteiger partial charge in [-0.1, -0.05) is 38.1 Å². The number of hydrogen-bond acceptors (Lipinski definition) is 5. The Kier molecular flexibility index (Phi) is 8.41. The van der Waals surface area contributed by atoms with E-state index in [4.69, 9.17) is 10.5 Å². The summed E-state index contributed by atoms with van der Waals surface area (Å²) < 4.78 is 7.38. The van der Waals surface area contributed by atoms with Gasteiger partial charge < -0.3 is 20.7 Å². The maximum Gasteiger partial charge on any atom is 0.243 e. The first-order chi connectivity index (χ1) is 15.5. The molecule has 0 saturated carbocycles. The third-order valence-corrected chi connectivity index (χ3v) is 6.03. The van der Waals surface area contributed by atoms with Crippen molar-refractivity contribution >= 4 is 11.8 Å². The number of aromatic nitrogens is 2. The maximum absolute atomic E-state index is 12.8. The Labute approximate surface area is 190 Å². The second-order valence-corrected chi connectivity index (χ2v) is 8.02. The molecule has 2 aliphatic rings. The van der Waals surface area contributed by atoms with Crippen LogP contribution in [0.4, 0.5) is 0 Å². The van der Waals surface area contributed by atoms with Crippen molar-refractivity contribution in [1.82, 2.24) is 20.0 Å². The lowest BCUT2D eigenvalue weighted by molar-refractivity contribution is -0.141. The van der Waals surface area contributed by atoms with Crippen LogP contribution in [0.25, 0.3) is 11.3 Å². The number of nitrogens with two attached hydrogens (primary N) is 1. The van der Waals surface area contributed by atoms with E-state index in [-0.39, 0.29) is 17.9 Å². The number of ether oxygens (including phenoxy) is 1. The molecule has 8 heteroatoms. The highest BCUT2D eigenvalue weighted by Gasteiger charge is 2.39. The summed E-state index contributed by atoms with van der Waals surface area (Å²) in [5.74, 6) is -0.309. The molecular weight excluding hydrogens is 406 g/mol. The van der Waals surface area contributed by atoms with Crippen LogP contribution in [0.15, 0.2) is 36.5 Å². The van der Waals surface area contributed by atoms with Crippen molar-refractivity contribution in [2.45, 2.75) is 64.3 Å². The van der Waals surface area contributed by atoms with E-state index in [1.165, 1.54) is 0 Å². The van der Waals surface area contributed by atoms with Gasteiger partial charge >= 0.3 is 0 Å². The normalized spacial score (nSPS) is 21.1. The number of hydrogen-bond donors (Lipinski definition) is 2. The monoisotopic (exact) mass is 441 g/mol. The average Bonchev–Trinajstić information content (AvgIpc) is 3.60. The molecule has 0 spiro atoms. The number of likely N-dealkylation sites (tertiary alicyclic amines) is 1. The Hall–Kier alpha value is -2.71. The van der Waals surface area contributed by atoms with Crippen molar-refractivity contribution in [3.63, 3.8) is 0 Å². The second kappa shape index (κ2) is 11.2. The predicted molar refractivity (Wildman–Crippen MR) is 124 cm³/mol. The molecule has 3 unspecified atom stereocenters. The first kappa shape index (κ1) is 23.9. The third-order valence-electron chi connectivity index (χ3n) is 6.03. The number of aryl methyl sites for hydroxylation is 1. The molecule has 8 nitrogen and oxygen atoms in total. The van der Waals surface area contributed by atoms with Crippen molar-refractivity contribution in [2.75, 3.05) is 13.2 Å². The molecule has 2 aromatic rings. The topological polar surface area (TPSA) is 102 Å². The van der Waals surface area contributed by atoms with Gasteiger partial charge in [-0.2, -0.15) is 5.10 Å². The maximum atomic E-state index is 12.8. The minimum atomic E-state index is -0.694. The van der Waals surface area contributed by atoms with E-state index in [0.717, 1.165) is 36.1 Å². The number of carbonyl (C=O) groups is 2. The van der Waals surface area contributed by atoms with Crippen LogP contribution in [0.3, 0.4) is 0 Å². The highest BCUT2D eigenvalue weighted by atomic mass is 16.5. The van der Waals surface area contributed by atoms with E-state index in [9.17, 15) is 9.59 Å². The fraction of sp³-hybridized carbons (Fsp3) is 0.542. The lowest BCUT2D eigenvalue weighted by Crippen LogP contribution is -2.54. The highest BCUT2D eigenvalue weighted by Crippen LogP contribution is 2.22. The number of nitrogens with zero attached hydrogens (tertiary/aromatic N) is 3. The number of benzene rings is 1. The van der Waals surface area contributed by atoms with E-state index in [2.05, 4.69) is 10.4 Å². The van der Waals surface area contributed by atoms with Gasteiger partial charge in [-0.05, 0) is 42.9 Å². The van der Waals surface area contributed by atoms with Gasteiger partial charge in [0.2, 0.25) is 11.8 Å². The summed E-state index contributed by atoms with van der Waals surface area (Å²) >= 11 is 0. The summed E-state index contributed by atoms with van der Waals surface area (Å²) in [6.45, 7) is 5.63. The van der Waals surface area contributed by atoms with Crippen LogP contribution in [-0.2, 0) is 27.9 Å². The summed E-state index contributed by atoms with van der Waals surface area (Å²) in [7, 11) is 1.91. The zero-order valence-corrected chi connectivity index (χ0v) is 19.3. The first-order valence-corrected chi connectivity index (χ1v) is 11.6. The molecule has 1 aromatic heterocycles. The summed E-state index contributed by atoms with van der Waals surface area (Å²) in [5.41, 5.74) is 9.25. The Morgan fingerprint density at radius 1 is 1.19 bits per heavy atom. The summed E-state index contributed by atoms with van der Waals surface area (Å²) in [6.07, 6.45) is 4.72. The first-order valence-electron chi connectivity index (χ1n) is 11.6. The van der Waals surface area contributed by atoms with Crippen LogP contribution in [-0.4, -0.2) is 57.8 Å². The van der Waals surface area contributed by atoms with Crippen molar-refractivity contribution in [1.29, 1.82) is 0 Å². The molecule has 2 amide bonds. The summed E-state index contributed by atoms with van der Waals surface area (Å²) in [5, 5.41) is 7.17. The SMILES string of the molecule is CC.Cn1nccc1-c1ccc(CNC(=O)C2CCCN2C(=O)C(N)C2CCCO2)cc1. The van der Waals surface area contributed by atoms with Crippen molar-refractivity contribution in [2.24, 2.45) is 12.8 Å². The molecule has 2 aliphatic heterocycles. The Morgan fingerprint density at radius 3 is 2.56 bits per heavy atom. The zero-order chi connectivity index (χ0) is 23.1. The van der Waals surface area contributed by atoms with E-state index in [0.29, 0.717) is 26.1 Å². The molecule has 174 valence electrons. The van der Waals surface area contributed by atoms with Crippen LogP contribution in [0, 0.1) is 0 Å². The molecule has 2 saturated heterocycles. The molecule has 3 heterocycles. The molecule has 1 aromatic carbocycles. The molecular formula is C24H35N5O3. The summed E-state index contributed by atoms with van der Waals surface area (Å²) in [4.78, 5) is 27.3. The lowest BCUT2D eigenvalue weighted by Gasteiger charge is -2.28. The van der Waals surface area contributed by atoms with Gasteiger partial charge in [-0.15, -0.1) is 0 Å². The predicted octanol–water partition coefficient (Wildman–Crippen LogP) is 2.23. The average molecular weight is 442 g/mol. The van der Waals surface area contributed by atoms with Crippen LogP contribution >= 0.6 is 0 Å². The Morgan fingerprint density at radius 2 is 1.94 bits per heavy atom. The summed E-state index contributed by atoms with van der Waals surface area (Å²) in [6, 6.07) is 8.83. The highest BCUT2D eigenvalue weighted by molar-refractivity contribution is 5.90. The molecule has 4 rings (SSSR count). The molecule has 0 radical (unpaired) electrons. The minimum Gasteiger partial charge on any atom is -0.376 e. The van der Waals surface area contributed by atoms with Gasteiger partial charge in [0.15, 0.2) is 0 Å². The van der Waals surface area contributed by atoms with Crippen molar-refractivity contribution in [3.8, 4) is 11.3 Å². The fourth-order valence-electron chi connectivity index (χ4n) is 4.30. The van der Waals surface area contributed by atoms with Crippen molar-refractivity contribution in [3.05, 3.63) is 42.1 Å². The van der Waals surface area contributed by atoms with Gasteiger partial charge in [0.1, 0.15) is 12.1 Å². The largest absolute Gasteiger partial charge is 0.376 e. The Bertz CT molecular complexity index is 889. The Balaban J connectivity index is 0.00000141. The van der Waals surface area contributed by atoms with Gasteiger partial charge in [0.05, 0.1) is 11.8 Å². The molecule has 0 aliphatic carbocycles. The van der Waals surface area contributed by atoms with Crippen LogP contribution in [0.5, 0.6) is 0 Å². The minimum absolute atomic E-state index is 0.129. The number of carbonyl (C=O) groups excluding carboxylic acids is 2. The van der Waals surface area contributed by atoms with Gasteiger partial charge in [0, 0.05) is 32.9 Å². The number of amides is 2. The van der Waals surface area contributed by atoms with Gasteiger partial charge in [-0.3, -0.25) is 14.3 Å². The van der Waals surface area contributed by atoms with Crippen LogP contribution in [0.2, 0.25) is 0 Å². The zero-order valence-electron chi connectivity index (χ0n) is 19.3. The number of nitrogens with one attached hydrogen (secondary N) is 1. The number of rotatable bonds is 6. The molecule has 2 fully saturated rings. The van der Waals surface area contributed by atoms with Crippen molar-refractivity contribution < 1.29 is 14.3 Å². The smallest absolute Gasteiger partial charge is 0.243 e. The van der Waals surface area contributed by atoms with E-state index in [1.54, 1.807) is 11.1 Å². The molecule has 0 bridgehead atoms. The van der Waals surface area contributed by atoms with Crippen LogP contribution in [0.1, 0.15) is 45.1 Å². The van der Waals surface area contributed by atoms with E-state index < -0.39 is 12.1 Å². The van der Waals surface area contributed by atoms with Gasteiger partial charge in [0.25, 0.3) is 0 Å².